The minimum absolute atomic E-state index is 0.101. The number of fused-ring (bicyclic) bond motifs is 2. The Balaban J connectivity index is 1.64. The van der Waals surface area contributed by atoms with Gasteiger partial charge in [-0.15, -0.1) is 0 Å². The van der Waals surface area contributed by atoms with Crippen LogP contribution in [0.3, 0.4) is 0 Å². The van der Waals surface area contributed by atoms with Gasteiger partial charge in [-0.3, -0.25) is 4.79 Å². The largest absolute Gasteiger partial charge is 0.497 e. The van der Waals surface area contributed by atoms with Crippen molar-refractivity contribution in [3.63, 3.8) is 0 Å². The molecule has 0 N–H and O–H groups in total. The summed E-state index contributed by atoms with van der Waals surface area (Å²) in [7, 11) is 4.94. The first kappa shape index (κ1) is 17.5. The van der Waals surface area contributed by atoms with Gasteiger partial charge in [0.05, 0.1) is 27.4 Å². The first-order valence-corrected chi connectivity index (χ1v) is 9.02. The van der Waals surface area contributed by atoms with E-state index in [1.165, 1.54) is 0 Å². The summed E-state index contributed by atoms with van der Waals surface area (Å²) in [4.78, 5) is 14.7. The van der Waals surface area contributed by atoms with Gasteiger partial charge in [0.1, 0.15) is 23.0 Å². The molecule has 0 radical (unpaired) electrons. The standard InChI is InChI=1S/C21H23NO5/c1-22(21(23)14-8-15(24-2)11-16(9-14)25-3)12-18-17-5-7-26-19(17)10-13-4-6-27-20(13)18/h8-11H,4-7,12H2,1-3H3. The van der Waals surface area contributed by atoms with Crippen LogP contribution in [0.25, 0.3) is 0 Å². The zero-order chi connectivity index (χ0) is 19.0. The fourth-order valence-electron chi connectivity index (χ4n) is 3.71. The number of nitrogens with zero attached hydrogens (tertiary/aromatic N) is 1. The van der Waals surface area contributed by atoms with Gasteiger partial charge in [-0.05, 0) is 18.2 Å². The van der Waals surface area contributed by atoms with Gasteiger partial charge in [0.25, 0.3) is 5.91 Å². The van der Waals surface area contributed by atoms with Crippen LogP contribution in [0.5, 0.6) is 23.0 Å². The zero-order valence-electron chi connectivity index (χ0n) is 15.8. The number of carbonyl (C=O) groups is 1. The van der Waals surface area contributed by atoms with Crippen molar-refractivity contribution < 1.29 is 23.7 Å². The highest BCUT2D eigenvalue weighted by Gasteiger charge is 2.28. The Labute approximate surface area is 158 Å². The molecule has 6 nitrogen and oxygen atoms in total. The molecule has 2 aromatic carbocycles. The van der Waals surface area contributed by atoms with Crippen molar-refractivity contribution in [2.75, 3.05) is 34.5 Å². The lowest BCUT2D eigenvalue weighted by atomic mass is 9.99. The van der Waals surface area contributed by atoms with Crippen molar-refractivity contribution in [1.82, 2.24) is 4.90 Å². The Morgan fingerprint density at radius 2 is 1.74 bits per heavy atom. The molecule has 142 valence electrons. The number of rotatable bonds is 5. The predicted octanol–water partition coefficient (Wildman–Crippen LogP) is 2.85. The molecule has 0 spiro atoms. The fourth-order valence-corrected chi connectivity index (χ4v) is 3.71. The van der Waals surface area contributed by atoms with Gasteiger partial charge in [0.15, 0.2) is 0 Å². The molecule has 0 aromatic heterocycles. The van der Waals surface area contributed by atoms with Gasteiger partial charge in [-0.2, -0.15) is 0 Å². The summed E-state index contributed by atoms with van der Waals surface area (Å²) in [5, 5.41) is 0. The third-order valence-corrected chi connectivity index (χ3v) is 5.10. The molecular formula is C21H23NO5. The number of amides is 1. The van der Waals surface area contributed by atoms with E-state index in [4.69, 9.17) is 18.9 Å². The normalized spacial score (nSPS) is 14.0. The fraction of sp³-hybridized carbons (Fsp3) is 0.381. The molecule has 27 heavy (non-hydrogen) atoms. The van der Waals surface area contributed by atoms with Crippen molar-refractivity contribution in [3.05, 3.63) is 46.5 Å². The van der Waals surface area contributed by atoms with Gasteiger partial charge in [0, 0.05) is 54.8 Å². The van der Waals surface area contributed by atoms with Crippen molar-refractivity contribution in [2.24, 2.45) is 0 Å². The van der Waals surface area contributed by atoms with Crippen LogP contribution < -0.4 is 18.9 Å². The van der Waals surface area contributed by atoms with E-state index >= 15 is 0 Å². The third kappa shape index (κ3) is 3.16. The summed E-state index contributed by atoms with van der Waals surface area (Å²) in [6, 6.07) is 7.28. The molecule has 4 rings (SSSR count). The second-order valence-corrected chi connectivity index (χ2v) is 6.78. The van der Waals surface area contributed by atoms with Crippen molar-refractivity contribution >= 4 is 5.91 Å². The van der Waals surface area contributed by atoms with Crippen molar-refractivity contribution in [2.45, 2.75) is 19.4 Å². The van der Waals surface area contributed by atoms with Crippen LogP contribution in [0.1, 0.15) is 27.0 Å². The maximum absolute atomic E-state index is 13.0. The number of carbonyl (C=O) groups excluding carboxylic acids is 1. The number of hydrogen-bond donors (Lipinski definition) is 0. The smallest absolute Gasteiger partial charge is 0.254 e. The number of benzene rings is 2. The van der Waals surface area contributed by atoms with Crippen LogP contribution in [0.4, 0.5) is 0 Å². The Morgan fingerprint density at radius 3 is 2.44 bits per heavy atom. The molecule has 0 aliphatic carbocycles. The summed E-state index contributed by atoms with van der Waals surface area (Å²) in [5.41, 5.74) is 3.89. The van der Waals surface area contributed by atoms with Gasteiger partial charge in [-0.25, -0.2) is 0 Å². The van der Waals surface area contributed by atoms with Crippen LogP contribution >= 0.6 is 0 Å². The second-order valence-electron chi connectivity index (χ2n) is 6.78. The van der Waals surface area contributed by atoms with E-state index < -0.39 is 0 Å². The highest BCUT2D eigenvalue weighted by molar-refractivity contribution is 5.95. The molecule has 2 aliphatic heterocycles. The lowest BCUT2D eigenvalue weighted by molar-refractivity contribution is 0.0783. The number of ether oxygens (including phenoxy) is 4. The zero-order valence-corrected chi connectivity index (χ0v) is 15.8. The summed E-state index contributed by atoms with van der Waals surface area (Å²) in [5.74, 6) is 2.92. The summed E-state index contributed by atoms with van der Waals surface area (Å²) in [6.07, 6.45) is 1.72. The van der Waals surface area contributed by atoms with Crippen molar-refractivity contribution in [1.29, 1.82) is 0 Å². The van der Waals surface area contributed by atoms with Gasteiger partial charge in [-0.1, -0.05) is 0 Å². The van der Waals surface area contributed by atoms with Gasteiger partial charge >= 0.3 is 0 Å². The summed E-state index contributed by atoms with van der Waals surface area (Å²) < 4.78 is 22.2. The Kier molecular flexibility index (Phi) is 4.56. The van der Waals surface area contributed by atoms with E-state index in [1.54, 1.807) is 44.4 Å². The van der Waals surface area contributed by atoms with Gasteiger partial charge in [0.2, 0.25) is 0 Å². The molecule has 0 saturated carbocycles. The van der Waals surface area contributed by atoms with Crippen molar-refractivity contribution in [3.8, 4) is 23.0 Å². The first-order valence-electron chi connectivity index (χ1n) is 9.02. The minimum Gasteiger partial charge on any atom is -0.497 e. The lowest BCUT2D eigenvalue weighted by Crippen LogP contribution is -2.27. The molecule has 6 heteroatoms. The van der Waals surface area contributed by atoms with Gasteiger partial charge < -0.3 is 23.8 Å². The van der Waals surface area contributed by atoms with E-state index in [-0.39, 0.29) is 5.91 Å². The Hall–Kier alpha value is -2.89. The minimum atomic E-state index is -0.101. The lowest BCUT2D eigenvalue weighted by Gasteiger charge is -2.21. The van der Waals surface area contributed by atoms with E-state index in [9.17, 15) is 4.79 Å². The molecule has 0 saturated heterocycles. The Bertz CT molecular complexity index is 838. The summed E-state index contributed by atoms with van der Waals surface area (Å²) >= 11 is 0. The number of methoxy groups -OCH3 is 2. The topological polar surface area (TPSA) is 57.2 Å². The maximum atomic E-state index is 13.0. The van der Waals surface area contributed by atoms with E-state index in [1.807, 2.05) is 0 Å². The van der Waals surface area contributed by atoms with Crippen LogP contribution in [0, 0.1) is 0 Å². The highest BCUT2D eigenvalue weighted by atomic mass is 16.5. The predicted molar refractivity (Wildman–Crippen MR) is 100 cm³/mol. The summed E-state index contributed by atoms with van der Waals surface area (Å²) in [6.45, 7) is 1.82. The molecule has 2 heterocycles. The van der Waals surface area contributed by atoms with E-state index in [0.29, 0.717) is 36.8 Å². The van der Waals surface area contributed by atoms with Crippen LogP contribution in [0.2, 0.25) is 0 Å². The highest BCUT2D eigenvalue weighted by Crippen LogP contribution is 2.41. The molecule has 1 amide bonds. The molecule has 0 atom stereocenters. The molecule has 0 bridgehead atoms. The number of hydrogen-bond acceptors (Lipinski definition) is 5. The average Bonchev–Trinajstić information content (AvgIpc) is 3.35. The average molecular weight is 369 g/mol. The molecule has 2 aromatic rings. The SMILES string of the molecule is COc1cc(OC)cc(C(=O)N(C)Cc2c3c(cc4c2OCC4)OCC3)c1. The molecule has 2 aliphatic rings. The van der Waals surface area contributed by atoms with Crippen LogP contribution in [0.15, 0.2) is 24.3 Å². The molecule has 0 fully saturated rings. The van der Waals surface area contributed by atoms with Crippen LogP contribution in [-0.4, -0.2) is 45.3 Å². The maximum Gasteiger partial charge on any atom is 0.254 e. The monoisotopic (exact) mass is 369 g/mol. The first-order chi connectivity index (χ1) is 13.1. The van der Waals surface area contributed by atoms with E-state index in [0.717, 1.165) is 41.0 Å². The molecular weight excluding hydrogens is 346 g/mol. The quantitative estimate of drug-likeness (QED) is 0.811. The third-order valence-electron chi connectivity index (χ3n) is 5.10. The molecule has 0 unspecified atom stereocenters. The van der Waals surface area contributed by atoms with Crippen LogP contribution in [-0.2, 0) is 19.4 Å². The van der Waals surface area contributed by atoms with E-state index in [2.05, 4.69) is 6.07 Å². The second kappa shape index (κ2) is 7.02. The Morgan fingerprint density at radius 1 is 1.04 bits per heavy atom.